The molecule has 4 rings (SSSR count). The van der Waals surface area contributed by atoms with Crippen LogP contribution in [0.2, 0.25) is 5.02 Å². The van der Waals surface area contributed by atoms with Gasteiger partial charge in [0.15, 0.2) is 16.1 Å². The summed E-state index contributed by atoms with van der Waals surface area (Å²) in [5.74, 6) is 0.418. The lowest BCUT2D eigenvalue weighted by Gasteiger charge is -2.21. The Kier molecular flexibility index (Phi) is 8.63. The van der Waals surface area contributed by atoms with E-state index in [0.717, 1.165) is 11.3 Å². The monoisotopic (exact) mass is 554 g/mol. The summed E-state index contributed by atoms with van der Waals surface area (Å²) in [7, 11) is 1.83. The van der Waals surface area contributed by atoms with Gasteiger partial charge in [-0.05, 0) is 37.1 Å². The Balaban J connectivity index is 1.37. The minimum atomic E-state index is -0.362. The van der Waals surface area contributed by atoms with Gasteiger partial charge in [0.05, 0.1) is 17.5 Å². The zero-order valence-electron chi connectivity index (χ0n) is 20.9. The van der Waals surface area contributed by atoms with Crippen molar-refractivity contribution in [2.75, 3.05) is 11.1 Å². The normalized spacial score (nSPS) is 11.9. The van der Waals surface area contributed by atoms with Gasteiger partial charge in [0.2, 0.25) is 5.91 Å². The van der Waals surface area contributed by atoms with E-state index in [2.05, 4.69) is 25.8 Å². The molecule has 37 heavy (non-hydrogen) atoms. The van der Waals surface area contributed by atoms with Gasteiger partial charge >= 0.3 is 0 Å². The summed E-state index contributed by atoms with van der Waals surface area (Å²) in [6.07, 6.45) is 0. The van der Waals surface area contributed by atoms with Gasteiger partial charge in [-0.25, -0.2) is 4.98 Å². The van der Waals surface area contributed by atoms with Crippen LogP contribution in [0.25, 0.3) is 11.3 Å². The maximum Gasteiger partial charge on any atom is 0.251 e. The molecular weight excluding hydrogens is 528 g/mol. The maximum absolute atomic E-state index is 12.8. The summed E-state index contributed by atoms with van der Waals surface area (Å²) >= 11 is 8.59. The van der Waals surface area contributed by atoms with Crippen molar-refractivity contribution in [3.05, 3.63) is 75.9 Å². The van der Waals surface area contributed by atoms with Crippen LogP contribution < -0.4 is 10.6 Å². The minimum Gasteiger partial charge on any atom is -0.342 e. The van der Waals surface area contributed by atoms with Crippen LogP contribution in [0.15, 0.2) is 59.1 Å². The molecular formula is C26H27ClN6O2S2. The zero-order valence-corrected chi connectivity index (χ0v) is 23.2. The molecule has 4 aromatic rings. The number of benzene rings is 2. The van der Waals surface area contributed by atoms with E-state index in [4.69, 9.17) is 11.6 Å². The van der Waals surface area contributed by atoms with E-state index >= 15 is 0 Å². The molecule has 2 heterocycles. The number of halogens is 1. The number of carbonyl (C=O) groups excluding carboxylic acids is 2. The van der Waals surface area contributed by atoms with Gasteiger partial charge in [-0.1, -0.05) is 67.0 Å². The Morgan fingerprint density at radius 3 is 2.46 bits per heavy atom. The fourth-order valence-corrected chi connectivity index (χ4v) is 5.13. The van der Waals surface area contributed by atoms with Crippen molar-refractivity contribution in [3.8, 4) is 11.3 Å². The second-order valence-corrected chi connectivity index (χ2v) is 11.1. The van der Waals surface area contributed by atoms with Crippen molar-refractivity contribution in [1.82, 2.24) is 25.1 Å². The van der Waals surface area contributed by atoms with Crippen molar-refractivity contribution in [3.63, 3.8) is 0 Å². The summed E-state index contributed by atoms with van der Waals surface area (Å²) < 4.78 is 1.81. The van der Waals surface area contributed by atoms with Gasteiger partial charge < -0.3 is 15.2 Å². The van der Waals surface area contributed by atoms with Crippen LogP contribution in [0.3, 0.4) is 0 Å². The predicted molar refractivity (Wildman–Crippen MR) is 149 cm³/mol. The summed E-state index contributed by atoms with van der Waals surface area (Å²) in [6.45, 7) is 6.04. The first-order valence-electron chi connectivity index (χ1n) is 11.6. The van der Waals surface area contributed by atoms with E-state index in [0.29, 0.717) is 26.7 Å². The largest absolute Gasteiger partial charge is 0.342 e. The number of hydrogen-bond donors (Lipinski definition) is 2. The molecule has 2 N–H and O–H groups in total. The average Bonchev–Trinajstić information content (AvgIpc) is 3.48. The summed E-state index contributed by atoms with van der Waals surface area (Å²) in [5.41, 5.74) is 3.52. The van der Waals surface area contributed by atoms with Gasteiger partial charge in [-0.3, -0.25) is 9.59 Å². The maximum atomic E-state index is 12.8. The number of rotatable bonds is 9. The van der Waals surface area contributed by atoms with Crippen molar-refractivity contribution in [1.29, 1.82) is 0 Å². The summed E-state index contributed by atoms with van der Waals surface area (Å²) in [4.78, 5) is 29.9. The first-order valence-corrected chi connectivity index (χ1v) is 13.9. The van der Waals surface area contributed by atoms with Crippen molar-refractivity contribution >= 4 is 51.6 Å². The Morgan fingerprint density at radius 1 is 1.08 bits per heavy atom. The van der Waals surface area contributed by atoms with Gasteiger partial charge in [0.1, 0.15) is 0 Å². The molecule has 0 radical (unpaired) electrons. The third-order valence-electron chi connectivity index (χ3n) is 5.64. The highest BCUT2D eigenvalue weighted by Gasteiger charge is 2.25. The van der Waals surface area contributed by atoms with E-state index < -0.39 is 0 Å². The van der Waals surface area contributed by atoms with Crippen molar-refractivity contribution < 1.29 is 9.59 Å². The van der Waals surface area contributed by atoms with Gasteiger partial charge in [-0.2, -0.15) is 0 Å². The first-order chi connectivity index (χ1) is 17.7. The zero-order chi connectivity index (χ0) is 26.5. The average molecular weight is 555 g/mol. The lowest BCUT2D eigenvalue weighted by atomic mass is 10.0. The Labute approximate surface area is 228 Å². The molecule has 0 unspecified atom stereocenters. The number of thiazole rings is 1. The number of hydrogen-bond acceptors (Lipinski definition) is 7. The second-order valence-electron chi connectivity index (χ2n) is 8.84. The third kappa shape index (κ3) is 6.76. The number of thioether (sulfide) groups is 1. The van der Waals surface area contributed by atoms with E-state index in [1.807, 2.05) is 62.0 Å². The Bertz CT molecular complexity index is 1380. The minimum absolute atomic E-state index is 0.0629. The summed E-state index contributed by atoms with van der Waals surface area (Å²) in [5, 5.41) is 18.1. The quantitative estimate of drug-likeness (QED) is 0.255. The first kappa shape index (κ1) is 26.8. The Morgan fingerprint density at radius 2 is 1.78 bits per heavy atom. The lowest BCUT2D eigenvalue weighted by molar-refractivity contribution is -0.113. The lowest BCUT2D eigenvalue weighted by Crippen LogP contribution is -2.33. The number of carbonyl (C=O) groups is 2. The highest BCUT2D eigenvalue weighted by Crippen LogP contribution is 2.27. The molecule has 2 aromatic carbocycles. The molecule has 2 amide bonds. The van der Waals surface area contributed by atoms with E-state index in [1.54, 1.807) is 24.3 Å². The highest BCUT2D eigenvalue weighted by atomic mass is 35.5. The smallest absolute Gasteiger partial charge is 0.251 e. The van der Waals surface area contributed by atoms with Crippen molar-refractivity contribution in [2.24, 2.45) is 13.0 Å². The number of nitrogens with zero attached hydrogens (tertiary/aromatic N) is 4. The fraction of sp³-hybridized carbons (Fsp3) is 0.269. The van der Waals surface area contributed by atoms with Crippen LogP contribution in [0, 0.1) is 12.8 Å². The molecule has 0 aliphatic carbocycles. The molecule has 11 heteroatoms. The van der Waals surface area contributed by atoms with Crippen LogP contribution in [0.5, 0.6) is 0 Å². The molecule has 0 aliphatic heterocycles. The van der Waals surface area contributed by atoms with Crippen LogP contribution in [-0.2, 0) is 11.8 Å². The van der Waals surface area contributed by atoms with Crippen LogP contribution in [-0.4, -0.2) is 37.3 Å². The number of aromatic nitrogens is 4. The highest BCUT2D eigenvalue weighted by molar-refractivity contribution is 7.99. The molecule has 8 nitrogen and oxygen atoms in total. The fourth-order valence-electron chi connectivity index (χ4n) is 3.55. The van der Waals surface area contributed by atoms with E-state index in [1.165, 1.54) is 28.7 Å². The Hall–Kier alpha value is -3.21. The SMILES string of the molecule is Cc1ccc(-c2csc(NC(=O)CSc3nnc([C@H](NC(=O)c4ccc(Cl)cc4)C(C)C)n3C)n2)cc1. The second kappa shape index (κ2) is 11.9. The van der Waals surface area contributed by atoms with E-state index in [9.17, 15) is 9.59 Å². The molecule has 1 atom stereocenters. The number of aryl methyl sites for hydroxylation is 1. The topological polar surface area (TPSA) is 102 Å². The van der Waals surface area contributed by atoms with Crippen LogP contribution >= 0.6 is 34.7 Å². The summed E-state index contributed by atoms with van der Waals surface area (Å²) in [6, 6.07) is 14.4. The number of nitrogens with one attached hydrogen (secondary N) is 2. The van der Waals surface area contributed by atoms with Gasteiger partial charge in [-0.15, -0.1) is 21.5 Å². The number of anilines is 1. The molecule has 0 aliphatic rings. The van der Waals surface area contributed by atoms with Crippen molar-refractivity contribution in [2.45, 2.75) is 32.0 Å². The van der Waals surface area contributed by atoms with E-state index in [-0.39, 0.29) is 29.5 Å². The predicted octanol–water partition coefficient (Wildman–Crippen LogP) is 5.76. The molecule has 0 fully saturated rings. The molecule has 0 saturated heterocycles. The molecule has 0 saturated carbocycles. The number of amides is 2. The van der Waals surface area contributed by atoms with Gasteiger partial charge in [0.25, 0.3) is 5.91 Å². The van der Waals surface area contributed by atoms with Crippen LogP contribution in [0.4, 0.5) is 5.13 Å². The molecule has 2 aromatic heterocycles. The van der Waals surface area contributed by atoms with Crippen LogP contribution in [0.1, 0.15) is 41.6 Å². The molecule has 192 valence electrons. The third-order valence-corrected chi connectivity index (χ3v) is 7.67. The van der Waals surface area contributed by atoms with Gasteiger partial charge in [0, 0.05) is 28.6 Å². The standard InChI is InChI=1S/C26H27ClN6O2S2/c1-15(2)22(30-24(35)18-9-11-19(27)12-10-18)23-31-32-26(33(23)4)37-14-21(34)29-25-28-20(13-36-25)17-7-5-16(3)6-8-17/h5-13,15,22H,14H2,1-4H3,(H,30,35)(H,28,29,34)/t22-/m1/s1. The molecule has 0 bridgehead atoms. The molecule has 0 spiro atoms.